The van der Waals surface area contributed by atoms with Gasteiger partial charge >= 0.3 is 6.36 Å². The van der Waals surface area contributed by atoms with Crippen molar-refractivity contribution in [2.75, 3.05) is 50.4 Å². The maximum Gasteiger partial charge on any atom is 0.573 e. The topological polar surface area (TPSA) is 113 Å². The molecule has 0 atom stereocenters. The number of halogens is 3. The average molecular weight is 536 g/mol. The average Bonchev–Trinajstić information content (AvgIpc) is 3.29. The van der Waals surface area contributed by atoms with Gasteiger partial charge in [-0.1, -0.05) is 11.3 Å². The van der Waals surface area contributed by atoms with E-state index in [2.05, 4.69) is 35.5 Å². The van der Waals surface area contributed by atoms with Gasteiger partial charge in [0.15, 0.2) is 10.8 Å². The first-order chi connectivity index (χ1) is 17.6. The van der Waals surface area contributed by atoms with Gasteiger partial charge in [-0.05, 0) is 43.8 Å². The summed E-state index contributed by atoms with van der Waals surface area (Å²) in [5.74, 6) is -1.78. The van der Waals surface area contributed by atoms with Crippen LogP contribution < -0.4 is 15.4 Å². The summed E-state index contributed by atoms with van der Waals surface area (Å²) in [6, 6.07) is 5.15. The number of aromatic nitrogens is 3. The number of likely N-dealkylation sites (N-methyl/N-ethyl adjacent to an activating group) is 1. The van der Waals surface area contributed by atoms with E-state index in [1.165, 1.54) is 6.07 Å². The third-order valence-electron chi connectivity index (χ3n) is 5.47. The highest BCUT2D eigenvalue weighted by molar-refractivity contribution is 7.18. The number of hydrogen-bond acceptors (Lipinski definition) is 9. The molecule has 1 fully saturated rings. The van der Waals surface area contributed by atoms with Crippen molar-refractivity contribution in [2.45, 2.75) is 13.3 Å². The number of nitrogens with zero attached hydrogens (tertiary/aromatic N) is 5. The van der Waals surface area contributed by atoms with E-state index >= 15 is 0 Å². The minimum absolute atomic E-state index is 0.00149. The van der Waals surface area contributed by atoms with E-state index in [4.69, 9.17) is 0 Å². The number of rotatable bonds is 7. The van der Waals surface area contributed by atoms with E-state index in [-0.39, 0.29) is 22.9 Å². The quantitative estimate of drug-likeness (QED) is 0.474. The zero-order valence-corrected chi connectivity index (χ0v) is 20.8. The third-order valence-corrected chi connectivity index (χ3v) is 6.36. The largest absolute Gasteiger partial charge is 0.573 e. The molecule has 0 aliphatic carbocycles. The second kappa shape index (κ2) is 11.2. The molecule has 1 saturated heterocycles. The van der Waals surface area contributed by atoms with Crippen molar-refractivity contribution in [1.29, 1.82) is 0 Å². The number of anilines is 2. The van der Waals surface area contributed by atoms with Gasteiger partial charge in [0, 0.05) is 49.7 Å². The fourth-order valence-corrected chi connectivity index (χ4v) is 4.33. The molecule has 0 saturated carbocycles. The fourth-order valence-electron chi connectivity index (χ4n) is 3.61. The van der Waals surface area contributed by atoms with Crippen molar-refractivity contribution in [3.8, 4) is 16.3 Å². The van der Waals surface area contributed by atoms with Crippen molar-refractivity contribution in [1.82, 2.24) is 25.0 Å². The number of aryl methyl sites for hydroxylation is 1. The number of carbonyl (C=O) groups is 2. The van der Waals surface area contributed by atoms with Crippen LogP contribution in [0, 0.1) is 6.92 Å². The lowest BCUT2D eigenvalue weighted by Gasteiger charge is -2.31. The van der Waals surface area contributed by atoms with Crippen molar-refractivity contribution in [3.05, 3.63) is 47.8 Å². The SMILES string of the molecule is Cc1cncc(-c2nnc(NC(=O)c3ccc(OC(F)(F)F)c(NC(=O)CN4CCN(C)CC4)c3)s2)c1. The molecule has 14 heteroatoms. The van der Waals surface area contributed by atoms with E-state index in [1.54, 1.807) is 12.4 Å². The highest BCUT2D eigenvalue weighted by Crippen LogP contribution is 2.32. The first-order valence-corrected chi connectivity index (χ1v) is 12.0. The molecule has 1 aliphatic rings. The molecule has 0 bridgehead atoms. The molecule has 3 aromatic rings. The highest BCUT2D eigenvalue weighted by atomic mass is 32.1. The van der Waals surface area contributed by atoms with Gasteiger partial charge in [-0.15, -0.1) is 23.4 Å². The van der Waals surface area contributed by atoms with Crippen LogP contribution in [-0.4, -0.2) is 82.9 Å². The van der Waals surface area contributed by atoms with Gasteiger partial charge in [0.1, 0.15) is 0 Å². The highest BCUT2D eigenvalue weighted by Gasteiger charge is 2.33. The van der Waals surface area contributed by atoms with E-state index in [1.807, 2.05) is 24.9 Å². The van der Waals surface area contributed by atoms with E-state index in [0.29, 0.717) is 18.1 Å². The summed E-state index contributed by atoms with van der Waals surface area (Å²) >= 11 is 1.12. The smallest absolute Gasteiger partial charge is 0.404 e. The van der Waals surface area contributed by atoms with Crippen LogP contribution >= 0.6 is 11.3 Å². The van der Waals surface area contributed by atoms with E-state index < -0.39 is 23.9 Å². The minimum atomic E-state index is -4.98. The van der Waals surface area contributed by atoms with Crippen LogP contribution in [0.2, 0.25) is 0 Å². The maximum atomic E-state index is 12.9. The second-order valence-corrected chi connectivity index (χ2v) is 9.48. The predicted molar refractivity (Wildman–Crippen MR) is 132 cm³/mol. The summed E-state index contributed by atoms with van der Waals surface area (Å²) in [6.45, 7) is 4.74. The van der Waals surface area contributed by atoms with Crippen molar-refractivity contribution in [3.63, 3.8) is 0 Å². The zero-order chi connectivity index (χ0) is 26.6. The number of pyridine rings is 1. The van der Waals surface area contributed by atoms with E-state index in [9.17, 15) is 22.8 Å². The molecule has 1 aromatic carbocycles. The van der Waals surface area contributed by atoms with Crippen molar-refractivity contribution >= 4 is 34.0 Å². The molecular formula is C23H24F3N7O3S. The van der Waals surface area contributed by atoms with Crippen LogP contribution in [0.5, 0.6) is 5.75 Å². The molecule has 0 unspecified atom stereocenters. The lowest BCUT2D eigenvalue weighted by Crippen LogP contribution is -2.47. The molecule has 0 radical (unpaired) electrons. The Labute approximate surface area is 214 Å². The Morgan fingerprint density at radius 2 is 1.84 bits per heavy atom. The van der Waals surface area contributed by atoms with Crippen LogP contribution in [0.1, 0.15) is 15.9 Å². The molecular weight excluding hydrogens is 511 g/mol. The fraction of sp³-hybridized carbons (Fsp3) is 0.348. The molecule has 1 aliphatic heterocycles. The van der Waals surface area contributed by atoms with Gasteiger partial charge in [0.05, 0.1) is 12.2 Å². The second-order valence-electron chi connectivity index (χ2n) is 8.50. The predicted octanol–water partition coefficient (Wildman–Crippen LogP) is 3.25. The minimum Gasteiger partial charge on any atom is -0.404 e. The molecule has 0 spiro atoms. The standard InChI is InChI=1S/C23H24F3N7O3S/c1-14-9-16(12-27-11-14)21-30-31-22(37-21)29-20(35)15-3-4-18(36-23(24,25)26)17(10-15)28-19(34)13-33-7-5-32(2)6-8-33/h3-4,9-12H,5-8,13H2,1-2H3,(H,28,34)(H,29,31,35). The number of amides is 2. The van der Waals surface area contributed by atoms with Gasteiger partial charge in [-0.25, -0.2) is 0 Å². The molecule has 2 amide bonds. The van der Waals surface area contributed by atoms with Crippen LogP contribution in [0.25, 0.3) is 10.6 Å². The van der Waals surface area contributed by atoms with Gasteiger partial charge < -0.3 is 15.0 Å². The summed E-state index contributed by atoms with van der Waals surface area (Å²) in [7, 11) is 1.97. The van der Waals surface area contributed by atoms with Gasteiger partial charge in [0.25, 0.3) is 5.91 Å². The number of alkyl halides is 3. The molecule has 2 aromatic heterocycles. The Kier molecular flexibility index (Phi) is 8.00. The lowest BCUT2D eigenvalue weighted by atomic mass is 10.1. The van der Waals surface area contributed by atoms with Gasteiger partial charge in [-0.2, -0.15) is 0 Å². The number of nitrogens with one attached hydrogen (secondary N) is 2. The zero-order valence-electron chi connectivity index (χ0n) is 20.0. The molecule has 10 nitrogen and oxygen atoms in total. The molecule has 4 rings (SSSR count). The van der Waals surface area contributed by atoms with Gasteiger partial charge in [0.2, 0.25) is 11.0 Å². The number of ether oxygens (including phenoxy) is 1. The summed E-state index contributed by atoms with van der Waals surface area (Å²) in [5, 5.41) is 13.8. The number of hydrogen-bond donors (Lipinski definition) is 2. The summed E-state index contributed by atoms with van der Waals surface area (Å²) < 4.78 is 42.9. The molecule has 2 N–H and O–H groups in total. The Balaban J connectivity index is 1.48. The first-order valence-electron chi connectivity index (χ1n) is 11.2. The maximum absolute atomic E-state index is 12.9. The monoisotopic (exact) mass is 535 g/mol. The van der Waals surface area contributed by atoms with Crippen molar-refractivity contribution in [2.24, 2.45) is 0 Å². The lowest BCUT2D eigenvalue weighted by molar-refractivity contribution is -0.274. The summed E-state index contributed by atoms with van der Waals surface area (Å²) in [6.07, 6.45) is -1.66. The Hall–Kier alpha value is -3.62. The van der Waals surface area contributed by atoms with Crippen LogP contribution in [0.4, 0.5) is 24.0 Å². The van der Waals surface area contributed by atoms with Crippen LogP contribution in [0.3, 0.4) is 0 Å². The van der Waals surface area contributed by atoms with Crippen LogP contribution in [-0.2, 0) is 4.79 Å². The molecule has 3 heterocycles. The van der Waals surface area contributed by atoms with E-state index in [0.717, 1.165) is 47.7 Å². The number of carbonyl (C=O) groups excluding carboxylic acids is 2. The van der Waals surface area contributed by atoms with Crippen molar-refractivity contribution < 1.29 is 27.5 Å². The molecule has 196 valence electrons. The summed E-state index contributed by atoms with van der Waals surface area (Å²) in [5.41, 5.74) is 1.39. The van der Waals surface area contributed by atoms with Crippen LogP contribution in [0.15, 0.2) is 36.7 Å². The Bertz CT molecular complexity index is 1280. The molecule has 37 heavy (non-hydrogen) atoms. The summed E-state index contributed by atoms with van der Waals surface area (Å²) in [4.78, 5) is 33.5. The Morgan fingerprint density at radius 3 is 2.54 bits per heavy atom. The number of piperazine rings is 1. The normalized spacial score (nSPS) is 14.8. The first kappa shape index (κ1) is 26.4. The Morgan fingerprint density at radius 1 is 1.08 bits per heavy atom. The number of benzene rings is 1. The third kappa shape index (κ3) is 7.44. The van der Waals surface area contributed by atoms with Gasteiger partial charge in [-0.3, -0.25) is 24.8 Å².